The van der Waals surface area contributed by atoms with Crippen molar-refractivity contribution >= 4 is 5.91 Å². The first-order valence-corrected chi connectivity index (χ1v) is 6.11. The first kappa shape index (κ1) is 14.4. The molecule has 0 N–H and O–H groups in total. The van der Waals surface area contributed by atoms with E-state index in [1.54, 1.807) is 31.3 Å². The second kappa shape index (κ2) is 6.28. The summed E-state index contributed by atoms with van der Waals surface area (Å²) in [4.78, 5) is 14.1. The molecular formula is C14H21NO3. The Kier molecular flexibility index (Phi) is 5.01. The molecule has 1 aromatic rings. The minimum Gasteiger partial charge on any atom is -0.493 e. The van der Waals surface area contributed by atoms with Gasteiger partial charge in [0, 0.05) is 24.2 Å². The number of methoxy groups -OCH3 is 2. The van der Waals surface area contributed by atoms with Crippen molar-refractivity contribution in [2.45, 2.75) is 20.8 Å². The highest BCUT2D eigenvalue weighted by Gasteiger charge is 2.19. The third kappa shape index (κ3) is 2.58. The van der Waals surface area contributed by atoms with E-state index in [4.69, 9.17) is 9.47 Å². The number of ether oxygens (including phenoxy) is 2. The fourth-order valence-corrected chi connectivity index (χ4v) is 1.99. The van der Waals surface area contributed by atoms with Crippen LogP contribution >= 0.6 is 0 Å². The number of nitrogens with zero attached hydrogens (tertiary/aromatic N) is 1. The zero-order chi connectivity index (χ0) is 13.7. The average Bonchev–Trinajstić information content (AvgIpc) is 2.39. The second-order valence-electron chi connectivity index (χ2n) is 3.95. The molecule has 100 valence electrons. The number of benzene rings is 1. The van der Waals surface area contributed by atoms with E-state index in [1.165, 1.54) is 0 Å². The summed E-state index contributed by atoms with van der Waals surface area (Å²) in [5, 5.41) is 0. The third-order valence-corrected chi connectivity index (χ3v) is 3.07. The molecule has 0 bridgehead atoms. The minimum atomic E-state index is 0.0263. The Bertz CT molecular complexity index is 425. The fourth-order valence-electron chi connectivity index (χ4n) is 1.99. The fraction of sp³-hybridized carbons (Fsp3) is 0.500. The zero-order valence-corrected chi connectivity index (χ0v) is 11.7. The molecule has 1 amide bonds. The molecule has 0 radical (unpaired) electrons. The summed E-state index contributed by atoms with van der Waals surface area (Å²) in [5.41, 5.74) is 1.48. The summed E-state index contributed by atoms with van der Waals surface area (Å²) in [6.45, 7) is 7.21. The van der Waals surface area contributed by atoms with E-state index in [-0.39, 0.29) is 5.91 Å². The normalized spacial score (nSPS) is 10.1. The minimum absolute atomic E-state index is 0.0263. The largest absolute Gasteiger partial charge is 0.493 e. The van der Waals surface area contributed by atoms with Crippen LogP contribution in [0.5, 0.6) is 11.5 Å². The van der Waals surface area contributed by atoms with E-state index in [0.717, 1.165) is 5.56 Å². The standard InChI is InChI=1S/C14H21NO3/c1-6-15(7-2)14(16)11-8-9-12(17-4)13(18-5)10(11)3/h8-9H,6-7H2,1-5H3. The number of carbonyl (C=O) groups is 1. The summed E-state index contributed by atoms with van der Waals surface area (Å²) >= 11 is 0. The van der Waals surface area contributed by atoms with Gasteiger partial charge >= 0.3 is 0 Å². The maximum absolute atomic E-state index is 12.3. The summed E-state index contributed by atoms with van der Waals surface area (Å²) in [6, 6.07) is 3.56. The molecule has 0 aliphatic carbocycles. The number of hydrogen-bond acceptors (Lipinski definition) is 3. The highest BCUT2D eigenvalue weighted by atomic mass is 16.5. The summed E-state index contributed by atoms with van der Waals surface area (Å²) in [5.74, 6) is 1.29. The van der Waals surface area contributed by atoms with Gasteiger partial charge in [0.2, 0.25) is 0 Å². The van der Waals surface area contributed by atoms with Crippen molar-refractivity contribution in [3.8, 4) is 11.5 Å². The van der Waals surface area contributed by atoms with E-state index in [1.807, 2.05) is 20.8 Å². The average molecular weight is 251 g/mol. The highest BCUT2D eigenvalue weighted by Crippen LogP contribution is 2.33. The lowest BCUT2D eigenvalue weighted by Crippen LogP contribution is -2.31. The molecule has 0 aliphatic rings. The van der Waals surface area contributed by atoms with Crippen molar-refractivity contribution in [2.75, 3.05) is 27.3 Å². The predicted molar refractivity (Wildman–Crippen MR) is 71.5 cm³/mol. The van der Waals surface area contributed by atoms with Crippen LogP contribution in [0, 0.1) is 6.92 Å². The molecular weight excluding hydrogens is 230 g/mol. The molecule has 0 spiro atoms. The molecule has 4 heteroatoms. The highest BCUT2D eigenvalue weighted by molar-refractivity contribution is 5.96. The number of carbonyl (C=O) groups excluding carboxylic acids is 1. The van der Waals surface area contributed by atoms with Gasteiger partial charge in [0.1, 0.15) is 0 Å². The van der Waals surface area contributed by atoms with Crippen LogP contribution in [-0.4, -0.2) is 38.1 Å². The summed E-state index contributed by atoms with van der Waals surface area (Å²) in [6.07, 6.45) is 0. The topological polar surface area (TPSA) is 38.8 Å². The van der Waals surface area contributed by atoms with Crippen LogP contribution < -0.4 is 9.47 Å². The lowest BCUT2D eigenvalue weighted by atomic mass is 10.1. The van der Waals surface area contributed by atoms with Crippen molar-refractivity contribution in [2.24, 2.45) is 0 Å². The van der Waals surface area contributed by atoms with Crippen LogP contribution in [0.1, 0.15) is 29.8 Å². The lowest BCUT2D eigenvalue weighted by Gasteiger charge is -2.21. The molecule has 0 fully saturated rings. The van der Waals surface area contributed by atoms with Crippen LogP contribution in [0.15, 0.2) is 12.1 Å². The van der Waals surface area contributed by atoms with Gasteiger partial charge in [0.15, 0.2) is 11.5 Å². The molecule has 1 rings (SSSR count). The molecule has 18 heavy (non-hydrogen) atoms. The molecule has 1 aromatic carbocycles. The van der Waals surface area contributed by atoms with Crippen molar-refractivity contribution in [1.82, 2.24) is 4.90 Å². The van der Waals surface area contributed by atoms with Gasteiger partial charge in [-0.15, -0.1) is 0 Å². The number of rotatable bonds is 5. The second-order valence-corrected chi connectivity index (χ2v) is 3.95. The molecule has 0 aliphatic heterocycles. The van der Waals surface area contributed by atoms with Gasteiger partial charge in [-0.25, -0.2) is 0 Å². The molecule has 0 aromatic heterocycles. The Labute approximate surface area is 108 Å². The first-order valence-electron chi connectivity index (χ1n) is 6.11. The maximum Gasteiger partial charge on any atom is 0.254 e. The number of amides is 1. The Morgan fingerprint density at radius 3 is 2.22 bits per heavy atom. The predicted octanol–water partition coefficient (Wildman–Crippen LogP) is 2.49. The quantitative estimate of drug-likeness (QED) is 0.807. The summed E-state index contributed by atoms with van der Waals surface area (Å²) < 4.78 is 10.5. The molecule has 0 unspecified atom stereocenters. The molecule has 0 saturated carbocycles. The Morgan fingerprint density at radius 2 is 1.78 bits per heavy atom. The van der Waals surface area contributed by atoms with Crippen LogP contribution in [0.3, 0.4) is 0 Å². The van der Waals surface area contributed by atoms with Crippen LogP contribution in [0.4, 0.5) is 0 Å². The van der Waals surface area contributed by atoms with Crippen LogP contribution in [-0.2, 0) is 0 Å². The van der Waals surface area contributed by atoms with Crippen LogP contribution in [0.25, 0.3) is 0 Å². The van der Waals surface area contributed by atoms with Gasteiger partial charge in [-0.3, -0.25) is 4.79 Å². The van der Waals surface area contributed by atoms with E-state index >= 15 is 0 Å². The monoisotopic (exact) mass is 251 g/mol. The van der Waals surface area contributed by atoms with Crippen LogP contribution in [0.2, 0.25) is 0 Å². The third-order valence-electron chi connectivity index (χ3n) is 3.07. The molecule has 4 nitrogen and oxygen atoms in total. The van der Waals surface area contributed by atoms with Crippen molar-refractivity contribution in [3.63, 3.8) is 0 Å². The van der Waals surface area contributed by atoms with Gasteiger partial charge < -0.3 is 14.4 Å². The Balaban J connectivity index is 3.22. The maximum atomic E-state index is 12.3. The van der Waals surface area contributed by atoms with E-state index in [0.29, 0.717) is 30.2 Å². The van der Waals surface area contributed by atoms with Crippen molar-refractivity contribution in [3.05, 3.63) is 23.3 Å². The van der Waals surface area contributed by atoms with E-state index in [9.17, 15) is 4.79 Å². The smallest absolute Gasteiger partial charge is 0.254 e. The molecule has 0 saturated heterocycles. The molecule has 0 atom stereocenters. The molecule has 0 heterocycles. The van der Waals surface area contributed by atoms with Gasteiger partial charge in [-0.05, 0) is 32.9 Å². The summed E-state index contributed by atoms with van der Waals surface area (Å²) in [7, 11) is 3.17. The Morgan fingerprint density at radius 1 is 1.17 bits per heavy atom. The lowest BCUT2D eigenvalue weighted by molar-refractivity contribution is 0.0772. The Hall–Kier alpha value is -1.71. The van der Waals surface area contributed by atoms with Crippen molar-refractivity contribution < 1.29 is 14.3 Å². The van der Waals surface area contributed by atoms with E-state index in [2.05, 4.69) is 0 Å². The van der Waals surface area contributed by atoms with Crippen molar-refractivity contribution in [1.29, 1.82) is 0 Å². The zero-order valence-electron chi connectivity index (χ0n) is 11.7. The van der Waals surface area contributed by atoms with E-state index < -0.39 is 0 Å². The van der Waals surface area contributed by atoms with Gasteiger partial charge in [-0.2, -0.15) is 0 Å². The first-order chi connectivity index (χ1) is 8.60. The SMILES string of the molecule is CCN(CC)C(=O)c1ccc(OC)c(OC)c1C. The van der Waals surface area contributed by atoms with Gasteiger partial charge in [-0.1, -0.05) is 0 Å². The van der Waals surface area contributed by atoms with Gasteiger partial charge in [0.05, 0.1) is 14.2 Å². The van der Waals surface area contributed by atoms with Gasteiger partial charge in [0.25, 0.3) is 5.91 Å². The number of hydrogen-bond donors (Lipinski definition) is 0.